The zero-order valence-corrected chi connectivity index (χ0v) is 23.6. The molecule has 2 amide bonds. The minimum absolute atomic E-state index is 0. The van der Waals surface area contributed by atoms with Crippen molar-refractivity contribution in [2.75, 3.05) is 27.2 Å². The second-order valence-corrected chi connectivity index (χ2v) is 11.0. The Morgan fingerprint density at radius 3 is 2.18 bits per heavy atom. The first-order valence-corrected chi connectivity index (χ1v) is 12.3. The van der Waals surface area contributed by atoms with E-state index in [1.807, 2.05) is 39.8 Å². The minimum Gasteiger partial charge on any atom is -0.444 e. The Morgan fingerprint density at radius 1 is 1.12 bits per heavy atom. The second-order valence-electron chi connectivity index (χ2n) is 11.0. The summed E-state index contributed by atoms with van der Waals surface area (Å²) in [6, 6.07) is 0.675. The number of ether oxygens (including phenoxy) is 1. The molecule has 0 aromatic rings. The monoisotopic (exact) mass is 577 g/mol. The molecule has 2 aliphatic heterocycles. The number of carbonyl (C=O) groups is 2. The molecule has 3 aliphatic rings. The van der Waals surface area contributed by atoms with E-state index >= 15 is 0 Å². The van der Waals surface area contributed by atoms with Crippen molar-refractivity contribution < 1.29 is 14.3 Å². The van der Waals surface area contributed by atoms with Crippen molar-refractivity contribution in [3.05, 3.63) is 0 Å². The van der Waals surface area contributed by atoms with Gasteiger partial charge in [-0.3, -0.25) is 9.79 Å². The Bertz CT molecular complexity index is 701. The molecule has 0 aromatic carbocycles. The van der Waals surface area contributed by atoms with Gasteiger partial charge in [0.15, 0.2) is 5.96 Å². The molecule has 33 heavy (non-hydrogen) atoms. The third kappa shape index (κ3) is 6.88. The quantitative estimate of drug-likeness (QED) is 0.296. The Kier molecular flexibility index (Phi) is 9.70. The molecule has 0 aromatic heterocycles. The van der Waals surface area contributed by atoms with Crippen LogP contribution in [-0.2, 0) is 9.53 Å². The van der Waals surface area contributed by atoms with Crippen LogP contribution >= 0.6 is 24.0 Å². The van der Waals surface area contributed by atoms with Gasteiger partial charge in [0, 0.05) is 38.8 Å². The van der Waals surface area contributed by atoms with Crippen molar-refractivity contribution in [1.29, 1.82) is 0 Å². The summed E-state index contributed by atoms with van der Waals surface area (Å²) in [7, 11) is 3.67. The zero-order chi connectivity index (χ0) is 23.5. The van der Waals surface area contributed by atoms with E-state index in [0.717, 1.165) is 63.9 Å². The van der Waals surface area contributed by atoms with E-state index in [1.165, 1.54) is 0 Å². The van der Waals surface area contributed by atoms with Crippen LogP contribution in [0.4, 0.5) is 4.79 Å². The highest BCUT2D eigenvalue weighted by Crippen LogP contribution is 2.40. The normalized spacial score (nSPS) is 26.4. The lowest BCUT2D eigenvalue weighted by Gasteiger charge is -2.40. The summed E-state index contributed by atoms with van der Waals surface area (Å²) >= 11 is 0. The Morgan fingerprint density at radius 2 is 1.70 bits per heavy atom. The van der Waals surface area contributed by atoms with E-state index in [9.17, 15) is 9.59 Å². The SMILES string of the molecule is CCNC(=NCC1(C(=O)N(C)C)CCCC1)NC1CC2CCC(C1)N2C(=O)OC(C)(C)C.I. The Hall–Kier alpha value is -1.26. The first-order valence-electron chi connectivity index (χ1n) is 12.3. The number of piperidine rings is 1. The van der Waals surface area contributed by atoms with Crippen molar-refractivity contribution in [2.45, 2.75) is 103 Å². The van der Waals surface area contributed by atoms with Crippen LogP contribution in [0.25, 0.3) is 0 Å². The Balaban J connectivity index is 0.00000385. The summed E-state index contributed by atoms with van der Waals surface area (Å²) in [6.07, 6.45) is 7.64. The standard InChI is InChI=1S/C24H43N5O3.HI/c1-7-25-21(26-16-24(12-8-9-13-24)20(30)28(5)6)27-17-14-18-10-11-19(15-17)29(18)22(31)32-23(2,3)4;/h17-19H,7-16H2,1-6H3,(H2,25,26,27);1H. The van der Waals surface area contributed by atoms with Gasteiger partial charge in [-0.1, -0.05) is 12.8 Å². The second kappa shape index (κ2) is 11.4. The molecule has 2 N–H and O–H groups in total. The molecule has 9 heteroatoms. The molecule has 0 radical (unpaired) electrons. The number of fused-ring (bicyclic) bond motifs is 2. The number of amides is 2. The lowest BCUT2D eigenvalue weighted by molar-refractivity contribution is -0.138. The maximum Gasteiger partial charge on any atom is 0.410 e. The number of rotatable bonds is 5. The van der Waals surface area contributed by atoms with E-state index < -0.39 is 5.60 Å². The van der Waals surface area contributed by atoms with Gasteiger partial charge in [0.05, 0.1) is 12.0 Å². The van der Waals surface area contributed by atoms with Crippen LogP contribution in [-0.4, -0.2) is 78.7 Å². The topological polar surface area (TPSA) is 86.3 Å². The molecule has 2 unspecified atom stereocenters. The average molecular weight is 578 g/mol. The van der Waals surface area contributed by atoms with Crippen molar-refractivity contribution in [3.63, 3.8) is 0 Å². The highest BCUT2D eigenvalue weighted by atomic mass is 127. The van der Waals surface area contributed by atoms with Gasteiger partial charge >= 0.3 is 6.09 Å². The predicted molar refractivity (Wildman–Crippen MR) is 142 cm³/mol. The van der Waals surface area contributed by atoms with E-state index in [0.29, 0.717) is 6.54 Å². The third-order valence-electron chi connectivity index (χ3n) is 6.98. The lowest BCUT2D eigenvalue weighted by atomic mass is 9.85. The first kappa shape index (κ1) is 28.0. The number of guanidine groups is 1. The molecule has 2 bridgehead atoms. The maximum absolute atomic E-state index is 12.9. The van der Waals surface area contributed by atoms with Crippen molar-refractivity contribution in [1.82, 2.24) is 20.4 Å². The van der Waals surface area contributed by atoms with Gasteiger partial charge in [-0.25, -0.2) is 4.79 Å². The molecular formula is C24H44IN5O3. The van der Waals surface area contributed by atoms with Gasteiger partial charge in [-0.15, -0.1) is 24.0 Å². The van der Waals surface area contributed by atoms with Crippen molar-refractivity contribution >= 4 is 41.9 Å². The summed E-state index contributed by atoms with van der Waals surface area (Å²) < 4.78 is 5.66. The molecule has 2 heterocycles. The molecule has 1 aliphatic carbocycles. The molecule has 190 valence electrons. The van der Waals surface area contributed by atoms with E-state index in [1.54, 1.807) is 4.90 Å². The fourth-order valence-electron chi connectivity index (χ4n) is 5.62. The largest absolute Gasteiger partial charge is 0.444 e. The van der Waals surface area contributed by atoms with Gasteiger partial charge < -0.3 is 25.2 Å². The van der Waals surface area contributed by atoms with Gasteiger partial charge in [0.2, 0.25) is 5.91 Å². The highest BCUT2D eigenvalue weighted by Gasteiger charge is 2.45. The highest BCUT2D eigenvalue weighted by molar-refractivity contribution is 14.0. The summed E-state index contributed by atoms with van der Waals surface area (Å²) in [4.78, 5) is 34.2. The Labute approximate surface area is 216 Å². The number of halogens is 1. The van der Waals surface area contributed by atoms with Crippen LogP contribution < -0.4 is 10.6 Å². The average Bonchev–Trinajstić information content (AvgIpc) is 3.28. The van der Waals surface area contributed by atoms with Crippen LogP contribution in [0.2, 0.25) is 0 Å². The van der Waals surface area contributed by atoms with Gasteiger partial charge in [-0.05, 0) is 66.2 Å². The summed E-state index contributed by atoms with van der Waals surface area (Å²) in [5.41, 5.74) is -0.846. The van der Waals surface area contributed by atoms with E-state index in [-0.39, 0.29) is 59.5 Å². The smallest absolute Gasteiger partial charge is 0.410 e. The summed E-state index contributed by atoms with van der Waals surface area (Å²) in [6.45, 7) is 9.09. The molecular weight excluding hydrogens is 533 g/mol. The van der Waals surface area contributed by atoms with Crippen LogP contribution in [0.5, 0.6) is 0 Å². The minimum atomic E-state index is -0.476. The molecule has 3 rings (SSSR count). The van der Waals surface area contributed by atoms with Crippen LogP contribution in [0.15, 0.2) is 4.99 Å². The molecule has 3 fully saturated rings. The summed E-state index contributed by atoms with van der Waals surface area (Å²) in [5.74, 6) is 0.971. The molecule has 0 spiro atoms. The number of hydrogen-bond acceptors (Lipinski definition) is 4. The third-order valence-corrected chi connectivity index (χ3v) is 6.98. The lowest BCUT2D eigenvalue weighted by Crippen LogP contribution is -2.55. The van der Waals surface area contributed by atoms with Crippen LogP contribution in [0.1, 0.15) is 79.1 Å². The molecule has 8 nitrogen and oxygen atoms in total. The first-order chi connectivity index (χ1) is 15.0. The summed E-state index contributed by atoms with van der Waals surface area (Å²) in [5, 5.41) is 6.97. The van der Waals surface area contributed by atoms with Gasteiger partial charge in [0.25, 0.3) is 0 Å². The van der Waals surface area contributed by atoms with Crippen LogP contribution in [0.3, 0.4) is 0 Å². The molecule has 2 atom stereocenters. The molecule has 1 saturated carbocycles. The number of aliphatic imine (C=N–C) groups is 1. The number of nitrogens with zero attached hydrogens (tertiary/aromatic N) is 3. The van der Waals surface area contributed by atoms with Crippen molar-refractivity contribution in [2.24, 2.45) is 10.4 Å². The van der Waals surface area contributed by atoms with Crippen LogP contribution in [0, 0.1) is 5.41 Å². The fraction of sp³-hybridized carbons (Fsp3) is 0.875. The predicted octanol–water partition coefficient (Wildman–Crippen LogP) is 3.74. The molecule has 2 saturated heterocycles. The fourth-order valence-corrected chi connectivity index (χ4v) is 5.62. The van der Waals surface area contributed by atoms with Crippen molar-refractivity contribution in [3.8, 4) is 0 Å². The van der Waals surface area contributed by atoms with E-state index in [2.05, 4.69) is 17.6 Å². The van der Waals surface area contributed by atoms with Gasteiger partial charge in [0.1, 0.15) is 5.60 Å². The van der Waals surface area contributed by atoms with E-state index in [4.69, 9.17) is 9.73 Å². The number of nitrogens with one attached hydrogen (secondary N) is 2. The zero-order valence-electron chi connectivity index (χ0n) is 21.3. The number of hydrogen-bond donors (Lipinski definition) is 2. The maximum atomic E-state index is 12.9. The van der Waals surface area contributed by atoms with Gasteiger partial charge in [-0.2, -0.15) is 0 Å². The number of carbonyl (C=O) groups excluding carboxylic acids is 2.